The standard InChI is InChI=1S/C12H22N2O3/c1-3-10-7-5-4-6-8-14(10)12(17)13-9(2)11(15)16/h9-10H,3-8H2,1-2H3,(H,13,17)(H,15,16). The van der Waals surface area contributed by atoms with Gasteiger partial charge in [-0.2, -0.15) is 0 Å². The van der Waals surface area contributed by atoms with E-state index in [2.05, 4.69) is 12.2 Å². The highest BCUT2D eigenvalue weighted by atomic mass is 16.4. The molecule has 0 aromatic carbocycles. The first-order valence-electron chi connectivity index (χ1n) is 6.36. The van der Waals surface area contributed by atoms with Gasteiger partial charge in [0, 0.05) is 12.6 Å². The molecule has 0 aromatic heterocycles. The molecule has 1 aliphatic rings. The molecular weight excluding hydrogens is 220 g/mol. The van der Waals surface area contributed by atoms with Crippen molar-refractivity contribution in [2.75, 3.05) is 6.54 Å². The minimum absolute atomic E-state index is 0.242. The van der Waals surface area contributed by atoms with E-state index in [-0.39, 0.29) is 12.1 Å². The number of carboxylic acids is 1. The summed E-state index contributed by atoms with van der Waals surface area (Å²) in [5.74, 6) is -0.999. The second-order valence-electron chi connectivity index (χ2n) is 4.61. The molecule has 0 aromatic rings. The Morgan fingerprint density at radius 2 is 2.12 bits per heavy atom. The van der Waals surface area contributed by atoms with Crippen LogP contribution in [0.4, 0.5) is 4.79 Å². The van der Waals surface area contributed by atoms with Crippen LogP contribution in [0.25, 0.3) is 0 Å². The first kappa shape index (κ1) is 13.8. The van der Waals surface area contributed by atoms with Crippen molar-refractivity contribution in [1.29, 1.82) is 0 Å². The average Bonchev–Trinajstić information content (AvgIpc) is 2.53. The van der Waals surface area contributed by atoms with Crippen molar-refractivity contribution in [1.82, 2.24) is 10.2 Å². The summed E-state index contributed by atoms with van der Waals surface area (Å²) in [6.07, 6.45) is 5.25. The van der Waals surface area contributed by atoms with Gasteiger partial charge in [0.1, 0.15) is 6.04 Å². The fraction of sp³-hybridized carbons (Fsp3) is 0.833. The number of aliphatic carboxylic acids is 1. The van der Waals surface area contributed by atoms with E-state index in [0.717, 1.165) is 38.6 Å². The maximum absolute atomic E-state index is 12.0. The van der Waals surface area contributed by atoms with E-state index in [1.54, 1.807) is 4.90 Å². The molecule has 1 heterocycles. The number of hydrogen-bond acceptors (Lipinski definition) is 2. The molecule has 1 rings (SSSR count). The maximum atomic E-state index is 12.0. The third-order valence-electron chi connectivity index (χ3n) is 3.32. The minimum Gasteiger partial charge on any atom is -0.480 e. The predicted octanol–water partition coefficient (Wildman–Crippen LogP) is 1.82. The normalized spacial score (nSPS) is 22.7. The summed E-state index contributed by atoms with van der Waals surface area (Å²) in [6, 6.07) is -0.824. The van der Waals surface area contributed by atoms with Gasteiger partial charge in [-0.15, -0.1) is 0 Å². The Morgan fingerprint density at radius 1 is 1.41 bits per heavy atom. The van der Waals surface area contributed by atoms with Crippen LogP contribution in [0.15, 0.2) is 0 Å². The Hall–Kier alpha value is -1.26. The molecule has 5 heteroatoms. The summed E-state index contributed by atoms with van der Waals surface area (Å²) in [6.45, 7) is 4.28. The number of hydrogen-bond donors (Lipinski definition) is 2. The van der Waals surface area contributed by atoms with Crippen molar-refractivity contribution < 1.29 is 14.7 Å². The van der Waals surface area contributed by atoms with Gasteiger partial charge in [-0.1, -0.05) is 19.8 Å². The number of urea groups is 1. The second-order valence-corrected chi connectivity index (χ2v) is 4.61. The molecule has 2 amide bonds. The van der Waals surface area contributed by atoms with Gasteiger partial charge in [0.15, 0.2) is 0 Å². The zero-order valence-corrected chi connectivity index (χ0v) is 10.6. The fourth-order valence-electron chi connectivity index (χ4n) is 2.20. The van der Waals surface area contributed by atoms with E-state index in [4.69, 9.17) is 5.11 Å². The average molecular weight is 242 g/mol. The largest absolute Gasteiger partial charge is 0.480 e. The second kappa shape index (κ2) is 6.47. The molecule has 98 valence electrons. The van der Waals surface area contributed by atoms with Crippen LogP contribution in [0.2, 0.25) is 0 Å². The quantitative estimate of drug-likeness (QED) is 0.793. The Kier molecular flexibility index (Phi) is 5.25. The van der Waals surface area contributed by atoms with Crippen molar-refractivity contribution >= 4 is 12.0 Å². The molecule has 2 unspecified atom stereocenters. The molecule has 0 radical (unpaired) electrons. The van der Waals surface area contributed by atoms with Crippen LogP contribution < -0.4 is 5.32 Å². The third-order valence-corrected chi connectivity index (χ3v) is 3.32. The van der Waals surface area contributed by atoms with E-state index in [0.29, 0.717) is 0 Å². The number of nitrogens with one attached hydrogen (secondary N) is 1. The first-order chi connectivity index (χ1) is 8.06. The molecule has 0 saturated carbocycles. The highest BCUT2D eigenvalue weighted by Gasteiger charge is 2.26. The zero-order valence-electron chi connectivity index (χ0n) is 10.6. The highest BCUT2D eigenvalue weighted by Crippen LogP contribution is 2.19. The third kappa shape index (κ3) is 3.91. The number of carbonyl (C=O) groups is 2. The van der Waals surface area contributed by atoms with E-state index in [1.165, 1.54) is 6.92 Å². The lowest BCUT2D eigenvalue weighted by molar-refractivity contribution is -0.138. The van der Waals surface area contributed by atoms with Gasteiger partial charge >= 0.3 is 12.0 Å². The monoisotopic (exact) mass is 242 g/mol. The van der Waals surface area contributed by atoms with Gasteiger partial charge in [0.25, 0.3) is 0 Å². The number of carboxylic acid groups (broad SMARTS) is 1. The Bertz CT molecular complexity index is 281. The van der Waals surface area contributed by atoms with Crippen LogP contribution in [0, 0.1) is 0 Å². The molecule has 0 bridgehead atoms. The molecule has 2 N–H and O–H groups in total. The zero-order chi connectivity index (χ0) is 12.8. The van der Waals surface area contributed by atoms with Gasteiger partial charge in [0.2, 0.25) is 0 Å². The van der Waals surface area contributed by atoms with E-state index < -0.39 is 12.0 Å². The molecule has 1 aliphatic heterocycles. The van der Waals surface area contributed by atoms with Crippen molar-refractivity contribution in [3.8, 4) is 0 Å². The summed E-state index contributed by atoms with van der Waals surface area (Å²) in [7, 11) is 0. The van der Waals surface area contributed by atoms with E-state index in [1.807, 2.05) is 0 Å². The van der Waals surface area contributed by atoms with Gasteiger partial charge < -0.3 is 15.3 Å². The molecule has 1 fully saturated rings. The van der Waals surface area contributed by atoms with Crippen LogP contribution in [0.1, 0.15) is 46.0 Å². The fourth-order valence-corrected chi connectivity index (χ4v) is 2.20. The lowest BCUT2D eigenvalue weighted by atomic mass is 10.1. The highest BCUT2D eigenvalue weighted by molar-refractivity contribution is 5.82. The topological polar surface area (TPSA) is 69.6 Å². The van der Waals surface area contributed by atoms with Crippen LogP contribution in [0.5, 0.6) is 0 Å². The van der Waals surface area contributed by atoms with Crippen LogP contribution in [-0.2, 0) is 4.79 Å². The number of rotatable bonds is 3. The summed E-state index contributed by atoms with van der Waals surface area (Å²) >= 11 is 0. The first-order valence-corrected chi connectivity index (χ1v) is 6.36. The summed E-state index contributed by atoms with van der Waals surface area (Å²) in [5, 5.41) is 11.3. The Labute approximate surface area is 102 Å². The van der Waals surface area contributed by atoms with Crippen molar-refractivity contribution in [3.05, 3.63) is 0 Å². The van der Waals surface area contributed by atoms with Gasteiger partial charge in [-0.3, -0.25) is 4.79 Å². The molecule has 0 spiro atoms. The summed E-state index contributed by atoms with van der Waals surface area (Å²) in [5.41, 5.74) is 0. The number of likely N-dealkylation sites (tertiary alicyclic amines) is 1. The predicted molar refractivity (Wildman–Crippen MR) is 64.9 cm³/mol. The van der Waals surface area contributed by atoms with Gasteiger partial charge in [0.05, 0.1) is 0 Å². The molecular formula is C12H22N2O3. The van der Waals surface area contributed by atoms with Crippen molar-refractivity contribution in [2.45, 2.75) is 58.0 Å². The Morgan fingerprint density at radius 3 is 2.71 bits per heavy atom. The van der Waals surface area contributed by atoms with E-state index >= 15 is 0 Å². The summed E-state index contributed by atoms with van der Waals surface area (Å²) < 4.78 is 0. The number of nitrogens with zero attached hydrogens (tertiary/aromatic N) is 1. The van der Waals surface area contributed by atoms with Crippen LogP contribution in [-0.4, -0.2) is 40.6 Å². The van der Waals surface area contributed by atoms with Crippen molar-refractivity contribution in [3.63, 3.8) is 0 Å². The number of carbonyl (C=O) groups excluding carboxylic acids is 1. The van der Waals surface area contributed by atoms with Crippen LogP contribution in [0.3, 0.4) is 0 Å². The maximum Gasteiger partial charge on any atom is 0.325 e. The smallest absolute Gasteiger partial charge is 0.325 e. The van der Waals surface area contributed by atoms with Crippen LogP contribution >= 0.6 is 0 Å². The SMILES string of the molecule is CCC1CCCCCN1C(=O)NC(C)C(=O)O. The molecule has 1 saturated heterocycles. The molecule has 17 heavy (non-hydrogen) atoms. The minimum atomic E-state index is -0.999. The lowest BCUT2D eigenvalue weighted by Gasteiger charge is -2.30. The van der Waals surface area contributed by atoms with Gasteiger partial charge in [-0.05, 0) is 26.2 Å². The van der Waals surface area contributed by atoms with Gasteiger partial charge in [-0.25, -0.2) is 4.79 Å². The Balaban J connectivity index is 2.60. The molecule has 2 atom stereocenters. The molecule has 0 aliphatic carbocycles. The molecule has 5 nitrogen and oxygen atoms in total. The summed E-state index contributed by atoms with van der Waals surface area (Å²) in [4.78, 5) is 24.5. The lowest BCUT2D eigenvalue weighted by Crippen LogP contribution is -2.50. The van der Waals surface area contributed by atoms with Crippen molar-refractivity contribution in [2.24, 2.45) is 0 Å². The number of amides is 2. The van der Waals surface area contributed by atoms with E-state index in [9.17, 15) is 9.59 Å².